The van der Waals surface area contributed by atoms with Crippen LogP contribution in [0.2, 0.25) is 0 Å². The van der Waals surface area contributed by atoms with Gasteiger partial charge in [0.25, 0.3) is 0 Å². The van der Waals surface area contributed by atoms with Crippen molar-refractivity contribution in [1.29, 1.82) is 0 Å². The van der Waals surface area contributed by atoms with Crippen LogP contribution in [0.3, 0.4) is 0 Å². The van der Waals surface area contributed by atoms with Gasteiger partial charge in [0.05, 0.1) is 12.1 Å². The summed E-state index contributed by atoms with van der Waals surface area (Å²) in [6, 6.07) is 25.6. The minimum Gasteiger partial charge on any atom is -0.482 e. The zero-order valence-corrected chi connectivity index (χ0v) is 15.6. The number of ketones is 1. The van der Waals surface area contributed by atoms with Crippen molar-refractivity contribution in [2.24, 2.45) is 10.2 Å². The van der Waals surface area contributed by atoms with E-state index in [1.807, 2.05) is 54.6 Å². The van der Waals surface area contributed by atoms with Gasteiger partial charge in [-0.05, 0) is 30.2 Å². The lowest BCUT2D eigenvalue weighted by Crippen LogP contribution is -2.51. The largest absolute Gasteiger partial charge is 0.482 e. The third-order valence-electron chi connectivity index (χ3n) is 5.75. The van der Waals surface area contributed by atoms with E-state index in [1.54, 1.807) is 0 Å². The maximum Gasteiger partial charge on any atom is 0.200 e. The molecule has 0 bridgehead atoms. The summed E-state index contributed by atoms with van der Waals surface area (Å²) in [6.45, 7) is 2.53. The van der Waals surface area contributed by atoms with E-state index < -0.39 is 11.6 Å². The first-order valence-electron chi connectivity index (χ1n) is 9.51. The summed E-state index contributed by atoms with van der Waals surface area (Å²) in [5.41, 5.74) is 2.66. The number of azo groups is 1. The van der Waals surface area contributed by atoms with Gasteiger partial charge >= 0.3 is 0 Å². The third-order valence-corrected chi connectivity index (χ3v) is 5.75. The van der Waals surface area contributed by atoms with Gasteiger partial charge in [0.2, 0.25) is 5.78 Å². The van der Waals surface area contributed by atoms with Crippen molar-refractivity contribution in [2.45, 2.75) is 24.5 Å². The molecule has 2 aliphatic heterocycles. The quantitative estimate of drug-likeness (QED) is 0.616. The van der Waals surface area contributed by atoms with Crippen molar-refractivity contribution in [1.82, 2.24) is 0 Å². The van der Waals surface area contributed by atoms with E-state index in [0.29, 0.717) is 17.9 Å². The molecule has 0 saturated carbocycles. The van der Waals surface area contributed by atoms with Crippen LogP contribution in [0.15, 0.2) is 89.1 Å². The highest BCUT2D eigenvalue weighted by atomic mass is 16.5. The van der Waals surface area contributed by atoms with E-state index in [-0.39, 0.29) is 11.7 Å². The van der Waals surface area contributed by atoms with Crippen LogP contribution in [-0.2, 0) is 0 Å². The van der Waals surface area contributed by atoms with Gasteiger partial charge in [0.15, 0.2) is 11.6 Å². The lowest BCUT2D eigenvalue weighted by Gasteiger charge is -2.41. The highest BCUT2D eigenvalue weighted by Gasteiger charge is 2.60. The number of rotatable bonds is 2. The Balaban J connectivity index is 1.72. The molecule has 3 aromatic carbocycles. The lowest BCUT2D eigenvalue weighted by atomic mass is 9.69. The molecule has 2 heterocycles. The number of para-hydroxylation sites is 1. The Morgan fingerprint density at radius 3 is 2.39 bits per heavy atom. The molecule has 0 saturated heterocycles. The monoisotopic (exact) mass is 368 g/mol. The Labute approximate surface area is 163 Å². The van der Waals surface area contributed by atoms with Crippen molar-refractivity contribution in [3.63, 3.8) is 0 Å². The number of carbonyl (C=O) groups is 1. The highest BCUT2D eigenvalue weighted by Crippen LogP contribution is 2.52. The zero-order valence-electron chi connectivity index (χ0n) is 15.6. The van der Waals surface area contributed by atoms with Crippen molar-refractivity contribution >= 4 is 5.78 Å². The summed E-state index contributed by atoms with van der Waals surface area (Å²) in [5.74, 6) is 0.422. The molecule has 0 amide bonds. The van der Waals surface area contributed by atoms with Crippen LogP contribution < -0.4 is 4.74 Å². The highest BCUT2D eigenvalue weighted by molar-refractivity contribution is 6.08. The van der Waals surface area contributed by atoms with Crippen molar-refractivity contribution in [3.05, 3.63) is 101 Å². The first-order valence-corrected chi connectivity index (χ1v) is 9.51. The Hall–Kier alpha value is -3.27. The molecule has 0 unspecified atom stereocenters. The molecule has 138 valence electrons. The first-order chi connectivity index (χ1) is 13.7. The minimum absolute atomic E-state index is 0.0185. The van der Waals surface area contributed by atoms with Gasteiger partial charge in [0, 0.05) is 5.92 Å². The third kappa shape index (κ3) is 2.41. The number of aryl methyl sites for hydroxylation is 1. The van der Waals surface area contributed by atoms with Crippen LogP contribution in [0, 0.1) is 6.92 Å². The average molecular weight is 368 g/mol. The molecular weight excluding hydrogens is 348 g/mol. The number of fused-ring (bicyclic) bond motifs is 1. The Morgan fingerprint density at radius 2 is 1.61 bits per heavy atom. The summed E-state index contributed by atoms with van der Waals surface area (Å²) in [4.78, 5) is 13.8. The molecule has 0 aliphatic carbocycles. The molecule has 0 N–H and O–H groups in total. The van der Waals surface area contributed by atoms with E-state index >= 15 is 0 Å². The van der Waals surface area contributed by atoms with Gasteiger partial charge in [-0.25, -0.2) is 0 Å². The second-order valence-corrected chi connectivity index (χ2v) is 7.45. The van der Waals surface area contributed by atoms with E-state index in [4.69, 9.17) is 4.74 Å². The number of ether oxygens (including phenoxy) is 1. The Bertz CT molecular complexity index is 1060. The molecule has 4 heteroatoms. The van der Waals surface area contributed by atoms with Crippen molar-refractivity contribution < 1.29 is 9.53 Å². The predicted molar refractivity (Wildman–Crippen MR) is 107 cm³/mol. The van der Waals surface area contributed by atoms with Crippen LogP contribution in [0.5, 0.6) is 5.75 Å². The SMILES string of the molecule is Cc1ccc([C@H]2CN=N[C@@]23C(=O)c2ccccc2O[C@@H]3c2ccccc2)cc1. The van der Waals surface area contributed by atoms with Gasteiger partial charge in [-0.3, -0.25) is 4.79 Å². The number of Topliss-reactive ketones (excluding diaryl/α,β-unsaturated/α-hetero) is 1. The molecular formula is C24H20N2O2. The van der Waals surface area contributed by atoms with Crippen molar-refractivity contribution in [2.75, 3.05) is 6.54 Å². The molecule has 0 fully saturated rings. The number of benzene rings is 3. The molecule has 0 radical (unpaired) electrons. The minimum atomic E-state index is -1.09. The van der Waals surface area contributed by atoms with Crippen LogP contribution in [0.4, 0.5) is 0 Å². The maximum absolute atomic E-state index is 13.8. The zero-order chi connectivity index (χ0) is 19.1. The Morgan fingerprint density at radius 1 is 0.893 bits per heavy atom. The summed E-state index contributed by atoms with van der Waals surface area (Å²) in [5, 5.41) is 8.96. The number of nitrogens with zero attached hydrogens (tertiary/aromatic N) is 2. The van der Waals surface area contributed by atoms with Crippen LogP contribution in [0.25, 0.3) is 0 Å². The van der Waals surface area contributed by atoms with Gasteiger partial charge < -0.3 is 4.74 Å². The predicted octanol–water partition coefficient (Wildman–Crippen LogP) is 5.30. The average Bonchev–Trinajstić information content (AvgIpc) is 3.17. The second-order valence-electron chi connectivity index (χ2n) is 7.45. The fourth-order valence-corrected chi connectivity index (χ4v) is 4.30. The summed E-state index contributed by atoms with van der Waals surface area (Å²) in [7, 11) is 0. The fraction of sp³-hybridized carbons (Fsp3) is 0.208. The molecule has 3 aromatic rings. The normalized spacial score (nSPS) is 25.5. The van der Waals surface area contributed by atoms with Gasteiger partial charge in [0.1, 0.15) is 5.75 Å². The first kappa shape index (κ1) is 16.9. The lowest BCUT2D eigenvalue weighted by molar-refractivity contribution is 0.0521. The molecule has 2 aliphatic rings. The van der Waals surface area contributed by atoms with Crippen LogP contribution in [0.1, 0.15) is 39.1 Å². The summed E-state index contributed by atoms with van der Waals surface area (Å²) < 4.78 is 6.43. The Kier molecular flexibility index (Phi) is 3.86. The number of carbonyl (C=O) groups excluding carboxylic acids is 1. The standard InChI is InChI=1S/C24H20N2O2/c1-16-11-13-17(14-12-16)20-15-25-26-24(20)22(27)19-9-5-6-10-21(19)28-23(24)18-7-3-2-4-8-18/h2-14,20,23H,15H2,1H3/t20-,23-,24-/m1/s1. The number of hydrogen-bond acceptors (Lipinski definition) is 4. The number of hydrogen-bond donors (Lipinski definition) is 0. The van der Waals surface area contributed by atoms with E-state index in [2.05, 4.69) is 41.4 Å². The van der Waals surface area contributed by atoms with Gasteiger partial charge in [-0.1, -0.05) is 72.3 Å². The van der Waals surface area contributed by atoms with Gasteiger partial charge in [-0.15, -0.1) is 0 Å². The van der Waals surface area contributed by atoms with E-state index in [0.717, 1.165) is 11.1 Å². The summed E-state index contributed by atoms with van der Waals surface area (Å²) in [6.07, 6.45) is -0.520. The smallest absolute Gasteiger partial charge is 0.200 e. The van der Waals surface area contributed by atoms with E-state index in [1.165, 1.54) is 5.56 Å². The molecule has 1 spiro atoms. The second kappa shape index (κ2) is 6.41. The molecule has 4 nitrogen and oxygen atoms in total. The molecule has 0 aromatic heterocycles. The van der Waals surface area contributed by atoms with Gasteiger partial charge in [-0.2, -0.15) is 10.2 Å². The topological polar surface area (TPSA) is 51.0 Å². The van der Waals surface area contributed by atoms with Crippen LogP contribution >= 0.6 is 0 Å². The maximum atomic E-state index is 13.8. The molecule has 5 rings (SSSR count). The fourth-order valence-electron chi connectivity index (χ4n) is 4.30. The summed E-state index contributed by atoms with van der Waals surface area (Å²) >= 11 is 0. The molecule has 3 atom stereocenters. The van der Waals surface area contributed by atoms with Crippen molar-refractivity contribution in [3.8, 4) is 5.75 Å². The van der Waals surface area contributed by atoms with Crippen LogP contribution in [-0.4, -0.2) is 17.9 Å². The van der Waals surface area contributed by atoms with E-state index in [9.17, 15) is 4.79 Å². The molecule has 28 heavy (non-hydrogen) atoms.